The first-order valence-electron chi connectivity index (χ1n) is 11.2. The second kappa shape index (κ2) is 8.67. The van der Waals surface area contributed by atoms with Crippen molar-refractivity contribution in [1.29, 1.82) is 0 Å². The number of fused-ring (bicyclic) bond motifs is 4. The number of halogens is 1. The van der Waals surface area contributed by atoms with Crippen LogP contribution in [0.5, 0.6) is 0 Å². The predicted molar refractivity (Wildman–Crippen MR) is 122 cm³/mol. The maximum Gasteiger partial charge on any atom is 0.325 e. The molecule has 3 atom stereocenters. The van der Waals surface area contributed by atoms with Gasteiger partial charge in [0.05, 0.1) is 6.54 Å². The lowest BCUT2D eigenvalue weighted by Crippen LogP contribution is -2.49. The number of amides is 4. The highest BCUT2D eigenvalue weighted by Crippen LogP contribution is 2.35. The molecule has 3 aliphatic rings. The average molecular weight is 469 g/mol. The normalized spacial score (nSPS) is 24.0. The molecule has 0 saturated carbocycles. The number of nitrogens with one attached hydrogen (secondary N) is 1. The lowest BCUT2D eigenvalue weighted by Gasteiger charge is -2.42. The molecule has 0 spiro atoms. The van der Waals surface area contributed by atoms with Crippen LogP contribution in [0.1, 0.15) is 36.4 Å². The van der Waals surface area contributed by atoms with E-state index < -0.39 is 12.1 Å². The van der Waals surface area contributed by atoms with Crippen LogP contribution in [0.2, 0.25) is 5.02 Å². The molecule has 4 amide bonds. The third kappa shape index (κ3) is 4.15. The highest BCUT2D eigenvalue weighted by atomic mass is 35.5. The lowest BCUT2D eigenvalue weighted by molar-refractivity contribution is -0.134. The third-order valence-corrected chi connectivity index (χ3v) is 7.24. The summed E-state index contributed by atoms with van der Waals surface area (Å²) in [5.74, 6) is 0.0353. The highest BCUT2D eigenvalue weighted by Gasteiger charge is 2.40. The largest absolute Gasteiger partial charge is 0.342 e. The molecule has 1 aromatic carbocycles. The Morgan fingerprint density at radius 1 is 1.03 bits per heavy atom. The number of nitrogens with zero attached hydrogens (tertiary/aromatic N) is 3. The number of carbonyl (C=O) groups is 3. The topological polar surface area (TPSA) is 91.7 Å². The van der Waals surface area contributed by atoms with Gasteiger partial charge < -0.3 is 14.8 Å². The van der Waals surface area contributed by atoms with Crippen LogP contribution in [0.3, 0.4) is 0 Å². The number of aromatic nitrogens is 1. The SMILES string of the molecule is O=C(CC[C@@H]1NC(=O)N(Cc2ccccc2Cl)C1=O)N1C[C@H]2C[C@@H](C1)c1cccc(=O)n1C2. The number of pyridine rings is 1. The van der Waals surface area contributed by atoms with Crippen molar-refractivity contribution in [2.24, 2.45) is 5.92 Å². The molecule has 172 valence electrons. The van der Waals surface area contributed by atoms with Crippen LogP contribution in [-0.2, 0) is 22.7 Å². The van der Waals surface area contributed by atoms with E-state index in [-0.39, 0.29) is 48.6 Å². The molecule has 2 bridgehead atoms. The number of likely N-dealkylation sites (tertiary alicyclic amines) is 1. The molecule has 5 rings (SSSR count). The van der Waals surface area contributed by atoms with Crippen LogP contribution in [0, 0.1) is 5.92 Å². The molecule has 0 radical (unpaired) electrons. The number of hydrogen-bond acceptors (Lipinski definition) is 4. The molecule has 8 nitrogen and oxygen atoms in total. The summed E-state index contributed by atoms with van der Waals surface area (Å²) in [6, 6.07) is 11.2. The minimum Gasteiger partial charge on any atom is -0.342 e. The minimum atomic E-state index is -0.715. The first-order chi connectivity index (χ1) is 15.9. The van der Waals surface area contributed by atoms with Gasteiger partial charge in [-0.3, -0.25) is 19.3 Å². The highest BCUT2D eigenvalue weighted by molar-refractivity contribution is 6.31. The standard InChI is InChI=1S/C24H25ClN4O4/c25-18-5-2-1-4-16(18)14-29-23(32)19(26-24(29)33)8-9-21(30)27-11-15-10-17(13-27)20-6-3-7-22(31)28(20)12-15/h1-7,15,17,19H,8-14H2,(H,26,33)/t15-,17+,19+/m1/s1. The summed E-state index contributed by atoms with van der Waals surface area (Å²) < 4.78 is 1.83. The quantitative estimate of drug-likeness (QED) is 0.682. The van der Waals surface area contributed by atoms with Crippen LogP contribution in [-0.4, -0.2) is 51.3 Å². The van der Waals surface area contributed by atoms with Crippen LogP contribution in [0.15, 0.2) is 47.3 Å². The molecule has 4 heterocycles. The van der Waals surface area contributed by atoms with Gasteiger partial charge in [0.15, 0.2) is 0 Å². The third-order valence-electron chi connectivity index (χ3n) is 6.87. The summed E-state index contributed by atoms with van der Waals surface area (Å²) in [7, 11) is 0. The first kappa shape index (κ1) is 21.7. The number of imide groups is 1. The zero-order valence-electron chi connectivity index (χ0n) is 18.1. The number of urea groups is 1. The molecular weight excluding hydrogens is 444 g/mol. The van der Waals surface area contributed by atoms with Gasteiger partial charge in [0.25, 0.3) is 11.5 Å². The van der Waals surface area contributed by atoms with Crippen molar-refractivity contribution in [3.05, 3.63) is 69.1 Å². The summed E-state index contributed by atoms with van der Waals surface area (Å²) in [4.78, 5) is 53.3. The number of piperidine rings is 1. The van der Waals surface area contributed by atoms with Gasteiger partial charge in [-0.05, 0) is 36.5 Å². The second-order valence-corrected chi connectivity index (χ2v) is 9.46. The molecule has 33 heavy (non-hydrogen) atoms. The summed E-state index contributed by atoms with van der Waals surface area (Å²) in [6.07, 6.45) is 1.41. The summed E-state index contributed by atoms with van der Waals surface area (Å²) in [5, 5.41) is 3.19. The maximum absolute atomic E-state index is 13.0. The van der Waals surface area contributed by atoms with Crippen molar-refractivity contribution in [1.82, 2.24) is 19.7 Å². The molecule has 2 aromatic rings. The molecule has 0 aliphatic carbocycles. The fourth-order valence-electron chi connectivity index (χ4n) is 5.25. The smallest absolute Gasteiger partial charge is 0.325 e. The molecule has 0 unspecified atom stereocenters. The average Bonchev–Trinajstić information content (AvgIpc) is 3.07. The van der Waals surface area contributed by atoms with Gasteiger partial charge in [0.2, 0.25) is 5.91 Å². The number of benzene rings is 1. The van der Waals surface area contributed by atoms with E-state index in [0.29, 0.717) is 30.2 Å². The summed E-state index contributed by atoms with van der Waals surface area (Å²) in [6.45, 7) is 1.91. The van der Waals surface area contributed by atoms with E-state index in [1.54, 1.807) is 36.4 Å². The first-order valence-corrected chi connectivity index (χ1v) is 11.6. The Morgan fingerprint density at radius 3 is 2.67 bits per heavy atom. The number of rotatable bonds is 5. The van der Waals surface area contributed by atoms with Crippen LogP contribution < -0.4 is 10.9 Å². The Kier molecular flexibility index (Phi) is 5.70. The van der Waals surface area contributed by atoms with Gasteiger partial charge in [-0.15, -0.1) is 0 Å². The Hall–Kier alpha value is -3.13. The van der Waals surface area contributed by atoms with E-state index in [4.69, 9.17) is 11.6 Å². The fourth-order valence-corrected chi connectivity index (χ4v) is 5.44. The predicted octanol–water partition coefficient (Wildman–Crippen LogP) is 2.35. The Balaban J connectivity index is 1.20. The molecule has 9 heteroatoms. The lowest BCUT2D eigenvalue weighted by atomic mass is 9.83. The summed E-state index contributed by atoms with van der Waals surface area (Å²) in [5.41, 5.74) is 1.70. The van der Waals surface area contributed by atoms with Crippen LogP contribution in [0.25, 0.3) is 0 Å². The van der Waals surface area contributed by atoms with Crippen molar-refractivity contribution in [3.63, 3.8) is 0 Å². The fraction of sp³-hybridized carbons (Fsp3) is 0.417. The van der Waals surface area contributed by atoms with Crippen molar-refractivity contribution in [3.8, 4) is 0 Å². The summed E-state index contributed by atoms with van der Waals surface area (Å²) >= 11 is 6.16. The Labute approximate surface area is 196 Å². The Bertz CT molecular complexity index is 1180. The van der Waals surface area contributed by atoms with E-state index >= 15 is 0 Å². The Morgan fingerprint density at radius 2 is 1.85 bits per heavy atom. The van der Waals surface area contributed by atoms with Crippen molar-refractivity contribution in [2.45, 2.75) is 44.3 Å². The van der Waals surface area contributed by atoms with Crippen molar-refractivity contribution >= 4 is 29.4 Å². The van der Waals surface area contributed by atoms with Crippen molar-refractivity contribution < 1.29 is 14.4 Å². The molecule has 1 N–H and O–H groups in total. The van der Waals surface area contributed by atoms with E-state index in [0.717, 1.165) is 17.0 Å². The van der Waals surface area contributed by atoms with Gasteiger partial charge in [-0.2, -0.15) is 0 Å². The van der Waals surface area contributed by atoms with Gasteiger partial charge >= 0.3 is 6.03 Å². The molecule has 2 fully saturated rings. The zero-order chi connectivity index (χ0) is 23.1. The second-order valence-electron chi connectivity index (χ2n) is 9.05. The van der Waals surface area contributed by atoms with Gasteiger partial charge in [-0.1, -0.05) is 35.9 Å². The van der Waals surface area contributed by atoms with Crippen molar-refractivity contribution in [2.75, 3.05) is 13.1 Å². The van der Waals surface area contributed by atoms with E-state index in [2.05, 4.69) is 5.32 Å². The molecule has 3 aliphatic heterocycles. The molecule has 2 saturated heterocycles. The molecule has 1 aromatic heterocycles. The van der Waals surface area contributed by atoms with Crippen LogP contribution in [0.4, 0.5) is 4.79 Å². The van der Waals surface area contributed by atoms with Gasteiger partial charge in [0, 0.05) is 48.8 Å². The monoisotopic (exact) mass is 468 g/mol. The van der Waals surface area contributed by atoms with Crippen LogP contribution >= 0.6 is 11.6 Å². The molecular formula is C24H25ClN4O4. The maximum atomic E-state index is 13.0. The number of hydrogen-bond donors (Lipinski definition) is 1. The minimum absolute atomic E-state index is 0.0128. The number of carbonyl (C=O) groups excluding carboxylic acids is 3. The zero-order valence-corrected chi connectivity index (χ0v) is 18.8. The van der Waals surface area contributed by atoms with E-state index in [1.165, 1.54) is 0 Å². The van der Waals surface area contributed by atoms with E-state index in [9.17, 15) is 19.2 Å². The van der Waals surface area contributed by atoms with Gasteiger partial charge in [0.1, 0.15) is 6.04 Å². The van der Waals surface area contributed by atoms with Gasteiger partial charge in [-0.25, -0.2) is 4.79 Å². The van der Waals surface area contributed by atoms with E-state index in [1.807, 2.05) is 15.5 Å².